The number of aromatic nitrogens is 2. The third-order valence-electron chi connectivity index (χ3n) is 1.89. The van der Waals surface area contributed by atoms with Gasteiger partial charge in [0.2, 0.25) is 0 Å². The van der Waals surface area contributed by atoms with Gasteiger partial charge in [-0.1, -0.05) is 0 Å². The van der Waals surface area contributed by atoms with Crippen LogP contribution in [0.2, 0.25) is 0 Å². The molecular weight excluding hydrogens is 196 g/mol. The molecule has 0 atom stereocenters. The monoisotopic (exact) mass is 204 g/mol. The van der Waals surface area contributed by atoms with Crippen molar-refractivity contribution in [1.29, 1.82) is 0 Å². The maximum absolute atomic E-state index is 11.3. The van der Waals surface area contributed by atoms with Gasteiger partial charge < -0.3 is 9.15 Å². The van der Waals surface area contributed by atoms with Crippen LogP contribution in [-0.2, 0) is 4.74 Å². The molecule has 0 aliphatic heterocycles. The Kier molecular flexibility index (Phi) is 2.45. The first kappa shape index (κ1) is 9.39. The Morgan fingerprint density at radius 3 is 2.80 bits per heavy atom. The van der Waals surface area contributed by atoms with Crippen LogP contribution in [0.4, 0.5) is 0 Å². The molecular formula is C10H8N2O3. The fourth-order valence-corrected chi connectivity index (χ4v) is 1.20. The normalized spacial score (nSPS) is 9.93. The number of ether oxygens (including phenoxy) is 1. The fraction of sp³-hybridized carbons (Fsp3) is 0.100. The number of esters is 1. The molecule has 15 heavy (non-hydrogen) atoms. The molecule has 2 aromatic rings. The molecule has 0 N–H and O–H groups in total. The lowest BCUT2D eigenvalue weighted by molar-refractivity contribution is 0.0595. The molecule has 0 bridgehead atoms. The van der Waals surface area contributed by atoms with Crippen molar-refractivity contribution in [3.63, 3.8) is 0 Å². The van der Waals surface area contributed by atoms with E-state index in [-0.39, 0.29) is 5.69 Å². The van der Waals surface area contributed by atoms with Gasteiger partial charge in [-0.05, 0) is 12.1 Å². The van der Waals surface area contributed by atoms with Gasteiger partial charge in [0.15, 0.2) is 17.8 Å². The Hall–Kier alpha value is -2.17. The smallest absolute Gasteiger partial charge is 0.360 e. The number of rotatable bonds is 2. The second-order valence-electron chi connectivity index (χ2n) is 2.76. The SMILES string of the molecule is COC(=O)c1ncoc1-c1ccncc1. The second-order valence-corrected chi connectivity index (χ2v) is 2.76. The van der Waals surface area contributed by atoms with Crippen molar-refractivity contribution in [2.45, 2.75) is 0 Å². The van der Waals surface area contributed by atoms with E-state index in [2.05, 4.69) is 14.7 Å². The van der Waals surface area contributed by atoms with E-state index in [9.17, 15) is 4.79 Å². The predicted octanol–water partition coefficient (Wildman–Crippen LogP) is 1.52. The van der Waals surface area contributed by atoms with Crippen LogP contribution in [0.3, 0.4) is 0 Å². The molecule has 0 saturated heterocycles. The van der Waals surface area contributed by atoms with Crippen molar-refractivity contribution in [3.05, 3.63) is 36.6 Å². The molecule has 0 aliphatic rings. The molecule has 2 rings (SSSR count). The highest BCUT2D eigenvalue weighted by atomic mass is 16.5. The van der Waals surface area contributed by atoms with E-state index in [1.54, 1.807) is 24.5 Å². The van der Waals surface area contributed by atoms with Gasteiger partial charge in [0.05, 0.1) is 7.11 Å². The van der Waals surface area contributed by atoms with Crippen LogP contribution in [0.1, 0.15) is 10.5 Å². The Balaban J connectivity index is 2.46. The number of oxazole rings is 1. The summed E-state index contributed by atoms with van der Waals surface area (Å²) >= 11 is 0. The highest BCUT2D eigenvalue weighted by molar-refractivity contribution is 5.93. The lowest BCUT2D eigenvalue weighted by atomic mass is 10.2. The van der Waals surface area contributed by atoms with E-state index < -0.39 is 5.97 Å². The summed E-state index contributed by atoms with van der Waals surface area (Å²) in [6, 6.07) is 3.46. The van der Waals surface area contributed by atoms with E-state index in [0.717, 1.165) is 5.56 Å². The fourth-order valence-electron chi connectivity index (χ4n) is 1.20. The zero-order valence-electron chi connectivity index (χ0n) is 8.01. The van der Waals surface area contributed by atoms with E-state index in [4.69, 9.17) is 4.42 Å². The minimum atomic E-state index is -0.518. The van der Waals surface area contributed by atoms with Gasteiger partial charge in [0, 0.05) is 18.0 Å². The van der Waals surface area contributed by atoms with Crippen molar-refractivity contribution in [1.82, 2.24) is 9.97 Å². The van der Waals surface area contributed by atoms with Gasteiger partial charge in [-0.15, -0.1) is 0 Å². The summed E-state index contributed by atoms with van der Waals surface area (Å²) in [5.41, 5.74) is 0.909. The predicted molar refractivity (Wildman–Crippen MR) is 51.1 cm³/mol. The molecule has 76 valence electrons. The summed E-state index contributed by atoms with van der Waals surface area (Å²) < 4.78 is 9.71. The Bertz CT molecular complexity index is 465. The van der Waals surface area contributed by atoms with Crippen molar-refractivity contribution >= 4 is 5.97 Å². The van der Waals surface area contributed by atoms with Gasteiger partial charge in [0.1, 0.15) is 0 Å². The average molecular weight is 204 g/mol. The zero-order chi connectivity index (χ0) is 10.7. The molecule has 0 amide bonds. The molecule has 0 aliphatic carbocycles. The van der Waals surface area contributed by atoms with Crippen molar-refractivity contribution in [2.24, 2.45) is 0 Å². The summed E-state index contributed by atoms with van der Waals surface area (Å²) in [5.74, 6) is -0.125. The van der Waals surface area contributed by atoms with Crippen LogP contribution in [0, 0.1) is 0 Å². The number of carbonyl (C=O) groups excluding carboxylic acids is 1. The Labute approximate surface area is 85.7 Å². The quantitative estimate of drug-likeness (QED) is 0.694. The molecule has 2 heterocycles. The third-order valence-corrected chi connectivity index (χ3v) is 1.89. The summed E-state index contributed by atoms with van der Waals surface area (Å²) in [5, 5.41) is 0. The van der Waals surface area contributed by atoms with E-state index in [0.29, 0.717) is 5.76 Å². The summed E-state index contributed by atoms with van der Waals surface area (Å²) in [6.07, 6.45) is 4.43. The van der Waals surface area contributed by atoms with Crippen LogP contribution in [0.15, 0.2) is 35.3 Å². The second kappa shape index (κ2) is 3.91. The van der Waals surface area contributed by atoms with E-state index in [1.807, 2.05) is 0 Å². The van der Waals surface area contributed by atoms with Crippen LogP contribution in [-0.4, -0.2) is 23.0 Å². The molecule has 0 spiro atoms. The number of hydrogen-bond donors (Lipinski definition) is 0. The molecule has 0 fully saturated rings. The minimum absolute atomic E-state index is 0.170. The van der Waals surface area contributed by atoms with Crippen LogP contribution in [0.5, 0.6) is 0 Å². The Morgan fingerprint density at radius 1 is 1.40 bits per heavy atom. The van der Waals surface area contributed by atoms with Crippen LogP contribution in [0.25, 0.3) is 11.3 Å². The summed E-state index contributed by atoms with van der Waals surface area (Å²) in [7, 11) is 1.30. The molecule has 2 aromatic heterocycles. The standard InChI is InChI=1S/C10H8N2O3/c1-14-10(13)8-9(15-6-12-8)7-2-4-11-5-3-7/h2-6H,1H3. The average Bonchev–Trinajstić information content (AvgIpc) is 2.78. The van der Waals surface area contributed by atoms with Crippen molar-refractivity contribution < 1.29 is 13.9 Å². The number of nitrogens with zero attached hydrogens (tertiary/aromatic N) is 2. The molecule has 5 heteroatoms. The largest absolute Gasteiger partial charge is 0.464 e. The number of hydrogen-bond acceptors (Lipinski definition) is 5. The van der Waals surface area contributed by atoms with Crippen LogP contribution < -0.4 is 0 Å². The lowest BCUT2D eigenvalue weighted by Gasteiger charge is -1.98. The summed E-state index contributed by atoms with van der Waals surface area (Å²) in [4.78, 5) is 19.0. The first-order valence-corrected chi connectivity index (χ1v) is 4.25. The maximum atomic E-state index is 11.3. The molecule has 0 unspecified atom stereocenters. The van der Waals surface area contributed by atoms with E-state index >= 15 is 0 Å². The molecule has 0 radical (unpaired) electrons. The first-order chi connectivity index (χ1) is 7.33. The number of carbonyl (C=O) groups is 1. The van der Waals surface area contributed by atoms with Gasteiger partial charge >= 0.3 is 5.97 Å². The minimum Gasteiger partial charge on any atom is -0.464 e. The van der Waals surface area contributed by atoms with Gasteiger partial charge in [-0.3, -0.25) is 4.98 Å². The maximum Gasteiger partial charge on any atom is 0.360 e. The van der Waals surface area contributed by atoms with Crippen molar-refractivity contribution in [3.8, 4) is 11.3 Å². The van der Waals surface area contributed by atoms with Gasteiger partial charge in [-0.2, -0.15) is 0 Å². The molecule has 5 nitrogen and oxygen atoms in total. The zero-order valence-corrected chi connectivity index (χ0v) is 8.01. The molecule has 0 aromatic carbocycles. The third kappa shape index (κ3) is 1.71. The van der Waals surface area contributed by atoms with Gasteiger partial charge in [-0.25, -0.2) is 9.78 Å². The first-order valence-electron chi connectivity index (χ1n) is 4.25. The number of methoxy groups -OCH3 is 1. The van der Waals surface area contributed by atoms with Crippen LogP contribution >= 0.6 is 0 Å². The van der Waals surface area contributed by atoms with E-state index in [1.165, 1.54) is 13.5 Å². The summed E-state index contributed by atoms with van der Waals surface area (Å²) in [6.45, 7) is 0. The lowest BCUT2D eigenvalue weighted by Crippen LogP contribution is -2.03. The highest BCUT2D eigenvalue weighted by Crippen LogP contribution is 2.22. The number of pyridine rings is 1. The highest BCUT2D eigenvalue weighted by Gasteiger charge is 2.18. The topological polar surface area (TPSA) is 65.2 Å². The Morgan fingerprint density at radius 2 is 2.13 bits per heavy atom. The van der Waals surface area contributed by atoms with Crippen molar-refractivity contribution in [2.75, 3.05) is 7.11 Å². The molecule has 0 saturated carbocycles. The van der Waals surface area contributed by atoms with Gasteiger partial charge in [0.25, 0.3) is 0 Å².